The Balaban J connectivity index is 2.61. The van der Waals surface area contributed by atoms with Crippen LogP contribution in [0.3, 0.4) is 0 Å². The molecule has 0 aliphatic rings. The normalized spacial score (nSPS) is 10.5. The van der Waals surface area contributed by atoms with Gasteiger partial charge in [-0.2, -0.15) is 0 Å². The molecule has 0 amide bonds. The SMILES string of the molecule is O=CCc1cn2cccc(O)c2n1. The summed E-state index contributed by atoms with van der Waals surface area (Å²) in [5.74, 6) is 0.125. The number of pyridine rings is 1. The molecule has 0 aromatic carbocycles. The van der Waals surface area contributed by atoms with Crippen molar-refractivity contribution in [2.75, 3.05) is 0 Å². The van der Waals surface area contributed by atoms with Crippen LogP contribution in [0.2, 0.25) is 0 Å². The fourth-order valence-electron chi connectivity index (χ4n) is 1.23. The molecule has 2 rings (SSSR count). The summed E-state index contributed by atoms with van der Waals surface area (Å²) in [6.45, 7) is 0. The maximum absolute atomic E-state index is 10.2. The predicted octanol–water partition coefficient (Wildman–Crippen LogP) is 0.781. The number of carbonyl (C=O) groups is 1. The maximum Gasteiger partial charge on any atom is 0.179 e. The minimum Gasteiger partial charge on any atom is -0.504 e. The van der Waals surface area contributed by atoms with E-state index in [1.54, 1.807) is 28.9 Å². The van der Waals surface area contributed by atoms with E-state index < -0.39 is 0 Å². The summed E-state index contributed by atoms with van der Waals surface area (Å²) in [6, 6.07) is 3.28. The third-order valence-electron chi connectivity index (χ3n) is 1.80. The molecule has 2 aromatic rings. The number of aromatic hydroxyl groups is 1. The van der Waals surface area contributed by atoms with Crippen LogP contribution in [0.15, 0.2) is 24.5 Å². The lowest BCUT2D eigenvalue weighted by atomic mass is 10.4. The summed E-state index contributed by atoms with van der Waals surface area (Å²) in [5, 5.41) is 9.38. The minimum absolute atomic E-state index is 0.125. The van der Waals surface area contributed by atoms with Crippen LogP contribution in [-0.4, -0.2) is 20.8 Å². The molecule has 0 bridgehead atoms. The van der Waals surface area contributed by atoms with Crippen LogP contribution in [0.25, 0.3) is 5.65 Å². The van der Waals surface area contributed by atoms with E-state index in [1.165, 1.54) is 0 Å². The van der Waals surface area contributed by atoms with Gasteiger partial charge in [0, 0.05) is 18.8 Å². The van der Waals surface area contributed by atoms with E-state index in [4.69, 9.17) is 0 Å². The van der Waals surface area contributed by atoms with E-state index in [9.17, 15) is 9.90 Å². The first-order chi connectivity index (χ1) is 6.31. The summed E-state index contributed by atoms with van der Waals surface area (Å²) in [6.07, 6.45) is 4.57. The highest BCUT2D eigenvalue weighted by Crippen LogP contribution is 2.16. The first-order valence-corrected chi connectivity index (χ1v) is 3.90. The Hall–Kier alpha value is -1.84. The molecule has 0 radical (unpaired) electrons. The lowest BCUT2D eigenvalue weighted by Gasteiger charge is -1.92. The average molecular weight is 176 g/mol. The van der Waals surface area contributed by atoms with Crippen LogP contribution in [0, 0.1) is 0 Å². The number of fused-ring (bicyclic) bond motifs is 1. The number of aldehydes is 1. The first-order valence-electron chi connectivity index (χ1n) is 3.90. The molecule has 0 saturated carbocycles. The van der Waals surface area contributed by atoms with Gasteiger partial charge in [-0.05, 0) is 12.1 Å². The fourth-order valence-corrected chi connectivity index (χ4v) is 1.23. The third kappa shape index (κ3) is 1.26. The average Bonchev–Trinajstić information content (AvgIpc) is 2.49. The van der Waals surface area contributed by atoms with Crippen LogP contribution in [0.5, 0.6) is 5.75 Å². The Morgan fingerprint density at radius 2 is 2.46 bits per heavy atom. The summed E-state index contributed by atoms with van der Waals surface area (Å²) in [5.41, 5.74) is 1.15. The Morgan fingerprint density at radius 1 is 1.62 bits per heavy atom. The van der Waals surface area contributed by atoms with Crippen molar-refractivity contribution in [3.8, 4) is 5.75 Å². The second-order valence-corrected chi connectivity index (χ2v) is 2.73. The summed E-state index contributed by atoms with van der Waals surface area (Å²) in [7, 11) is 0. The van der Waals surface area contributed by atoms with Gasteiger partial charge < -0.3 is 14.3 Å². The van der Waals surface area contributed by atoms with E-state index in [0.29, 0.717) is 11.3 Å². The molecular weight excluding hydrogens is 168 g/mol. The van der Waals surface area contributed by atoms with E-state index in [2.05, 4.69) is 4.98 Å². The van der Waals surface area contributed by atoms with Gasteiger partial charge >= 0.3 is 0 Å². The second kappa shape index (κ2) is 2.90. The fraction of sp³-hybridized carbons (Fsp3) is 0.111. The number of nitrogens with zero attached hydrogens (tertiary/aromatic N) is 2. The Kier molecular flexibility index (Phi) is 1.73. The van der Waals surface area contributed by atoms with Crippen molar-refractivity contribution in [3.63, 3.8) is 0 Å². The van der Waals surface area contributed by atoms with Gasteiger partial charge in [0.15, 0.2) is 11.4 Å². The van der Waals surface area contributed by atoms with Crippen molar-refractivity contribution in [1.29, 1.82) is 0 Å². The molecule has 4 nitrogen and oxygen atoms in total. The lowest BCUT2D eigenvalue weighted by molar-refractivity contribution is -0.107. The van der Waals surface area contributed by atoms with Crippen LogP contribution >= 0.6 is 0 Å². The molecule has 0 atom stereocenters. The van der Waals surface area contributed by atoms with Gasteiger partial charge in [-0.25, -0.2) is 4.98 Å². The molecule has 1 N–H and O–H groups in total. The molecule has 13 heavy (non-hydrogen) atoms. The number of hydrogen-bond acceptors (Lipinski definition) is 3. The topological polar surface area (TPSA) is 54.6 Å². The Labute approximate surface area is 74.5 Å². The largest absolute Gasteiger partial charge is 0.504 e. The highest BCUT2D eigenvalue weighted by atomic mass is 16.3. The van der Waals surface area contributed by atoms with Crippen molar-refractivity contribution in [3.05, 3.63) is 30.2 Å². The van der Waals surface area contributed by atoms with Crippen LogP contribution in [-0.2, 0) is 11.2 Å². The van der Waals surface area contributed by atoms with Crippen LogP contribution < -0.4 is 0 Å². The molecule has 2 heterocycles. The molecule has 0 spiro atoms. The first kappa shape index (κ1) is 7.79. The zero-order valence-corrected chi connectivity index (χ0v) is 6.84. The quantitative estimate of drug-likeness (QED) is 0.688. The number of hydrogen-bond donors (Lipinski definition) is 1. The summed E-state index contributed by atoms with van der Waals surface area (Å²) in [4.78, 5) is 14.3. The van der Waals surface area contributed by atoms with E-state index >= 15 is 0 Å². The van der Waals surface area contributed by atoms with Gasteiger partial charge in [0.1, 0.15) is 6.29 Å². The smallest absolute Gasteiger partial charge is 0.179 e. The molecule has 66 valence electrons. The monoisotopic (exact) mass is 176 g/mol. The van der Waals surface area contributed by atoms with Gasteiger partial charge in [-0.15, -0.1) is 0 Å². The van der Waals surface area contributed by atoms with Crippen molar-refractivity contribution in [2.45, 2.75) is 6.42 Å². The van der Waals surface area contributed by atoms with Gasteiger partial charge in [-0.1, -0.05) is 0 Å². The van der Waals surface area contributed by atoms with E-state index in [0.717, 1.165) is 6.29 Å². The molecule has 0 aliphatic heterocycles. The number of carbonyl (C=O) groups excluding carboxylic acids is 1. The molecule has 0 saturated heterocycles. The van der Waals surface area contributed by atoms with Gasteiger partial charge in [-0.3, -0.25) is 0 Å². The van der Waals surface area contributed by atoms with Gasteiger partial charge in [0.05, 0.1) is 5.69 Å². The Bertz CT molecular complexity index is 448. The second-order valence-electron chi connectivity index (χ2n) is 2.73. The number of imidazole rings is 1. The third-order valence-corrected chi connectivity index (χ3v) is 1.80. The molecule has 2 aromatic heterocycles. The van der Waals surface area contributed by atoms with Crippen molar-refractivity contribution in [2.24, 2.45) is 0 Å². The van der Waals surface area contributed by atoms with Crippen molar-refractivity contribution >= 4 is 11.9 Å². The lowest BCUT2D eigenvalue weighted by Crippen LogP contribution is -1.83. The van der Waals surface area contributed by atoms with Crippen LogP contribution in [0.4, 0.5) is 0 Å². The molecule has 0 unspecified atom stereocenters. The standard InChI is InChI=1S/C9H8N2O2/c12-5-3-7-6-11-4-1-2-8(13)9(11)10-7/h1-2,4-6,13H,3H2. The maximum atomic E-state index is 10.2. The van der Waals surface area contributed by atoms with Crippen LogP contribution in [0.1, 0.15) is 5.69 Å². The highest BCUT2D eigenvalue weighted by Gasteiger charge is 2.03. The zero-order valence-electron chi connectivity index (χ0n) is 6.84. The van der Waals surface area contributed by atoms with Crippen molar-refractivity contribution < 1.29 is 9.90 Å². The zero-order chi connectivity index (χ0) is 9.26. The molecule has 0 aliphatic carbocycles. The summed E-state index contributed by atoms with van der Waals surface area (Å²) < 4.78 is 1.69. The highest BCUT2D eigenvalue weighted by molar-refractivity contribution is 5.58. The number of rotatable bonds is 2. The summed E-state index contributed by atoms with van der Waals surface area (Å²) >= 11 is 0. The minimum atomic E-state index is 0.125. The number of aromatic nitrogens is 2. The molecule has 0 fully saturated rings. The molecular formula is C9H8N2O2. The van der Waals surface area contributed by atoms with Gasteiger partial charge in [0.2, 0.25) is 0 Å². The Morgan fingerprint density at radius 3 is 3.15 bits per heavy atom. The molecule has 4 heteroatoms. The van der Waals surface area contributed by atoms with Crippen molar-refractivity contribution in [1.82, 2.24) is 9.38 Å². The van der Waals surface area contributed by atoms with Gasteiger partial charge in [0.25, 0.3) is 0 Å². The predicted molar refractivity (Wildman–Crippen MR) is 46.6 cm³/mol. The van der Waals surface area contributed by atoms with E-state index in [-0.39, 0.29) is 12.2 Å². The van der Waals surface area contributed by atoms with E-state index in [1.807, 2.05) is 0 Å².